The van der Waals surface area contributed by atoms with Crippen LogP contribution in [0.1, 0.15) is 35.0 Å². The van der Waals surface area contributed by atoms with Crippen LogP contribution in [0.3, 0.4) is 0 Å². The third kappa shape index (κ3) is 3.75. The first kappa shape index (κ1) is 20.2. The quantitative estimate of drug-likeness (QED) is 0.357. The first-order valence-corrected chi connectivity index (χ1v) is 9.52. The number of benzene rings is 1. The molecule has 0 amide bonds. The largest absolute Gasteiger partial charge is 0.337 e. The zero-order valence-corrected chi connectivity index (χ0v) is 16.6. The van der Waals surface area contributed by atoms with Gasteiger partial charge in [-0.05, 0) is 30.2 Å². The summed E-state index contributed by atoms with van der Waals surface area (Å²) in [6.45, 7) is 2.05. The van der Waals surface area contributed by atoms with Crippen LogP contribution in [0.2, 0.25) is 0 Å². The second-order valence-corrected chi connectivity index (χ2v) is 6.75. The average molecular weight is 420 g/mol. The Morgan fingerprint density at radius 2 is 2.16 bits per heavy atom. The molecule has 31 heavy (non-hydrogen) atoms. The number of carbonyl (C=O) groups excluding carboxylic acids is 1. The number of terminal acetylenes is 1. The summed E-state index contributed by atoms with van der Waals surface area (Å²) >= 11 is 0. The first-order valence-electron chi connectivity index (χ1n) is 9.52. The van der Waals surface area contributed by atoms with E-state index in [4.69, 9.17) is 6.42 Å². The number of hydrogen-bond acceptors (Lipinski definition) is 5. The molecule has 0 saturated carbocycles. The lowest BCUT2D eigenvalue weighted by Gasteiger charge is -2.10. The van der Waals surface area contributed by atoms with Crippen molar-refractivity contribution < 1.29 is 13.6 Å². The van der Waals surface area contributed by atoms with Crippen LogP contribution in [-0.2, 0) is 13.0 Å². The van der Waals surface area contributed by atoms with E-state index >= 15 is 0 Å². The lowest BCUT2D eigenvalue weighted by molar-refractivity contribution is 0.112. The summed E-state index contributed by atoms with van der Waals surface area (Å²) in [5, 5.41) is 7.11. The van der Waals surface area contributed by atoms with Crippen molar-refractivity contribution in [3.05, 3.63) is 59.8 Å². The van der Waals surface area contributed by atoms with E-state index in [1.807, 2.05) is 13.0 Å². The highest BCUT2D eigenvalue weighted by Gasteiger charge is 2.22. The van der Waals surface area contributed by atoms with Crippen molar-refractivity contribution in [1.29, 1.82) is 0 Å². The van der Waals surface area contributed by atoms with Crippen molar-refractivity contribution in [3.8, 4) is 23.6 Å². The Bertz CT molecular complexity index is 1300. The fourth-order valence-electron chi connectivity index (χ4n) is 3.42. The number of fused-ring (bicyclic) bond motifs is 1. The number of aromatic nitrogens is 5. The number of nitrogens with one attached hydrogen (secondary N) is 1. The van der Waals surface area contributed by atoms with Gasteiger partial charge in [0.25, 0.3) is 6.43 Å². The minimum Gasteiger partial charge on any atom is -0.337 e. The maximum atomic E-state index is 13.6. The molecule has 156 valence electrons. The second-order valence-electron chi connectivity index (χ2n) is 6.75. The van der Waals surface area contributed by atoms with Gasteiger partial charge in [0, 0.05) is 35.4 Å². The fourth-order valence-corrected chi connectivity index (χ4v) is 3.42. The molecule has 0 bridgehead atoms. The number of aryl methyl sites for hydroxylation is 1. The normalized spacial score (nSPS) is 11.1. The third-order valence-corrected chi connectivity index (χ3v) is 4.87. The molecule has 0 radical (unpaired) electrons. The minimum atomic E-state index is -2.76. The van der Waals surface area contributed by atoms with Gasteiger partial charge in [0.1, 0.15) is 18.5 Å². The Hall–Kier alpha value is -4.06. The SMILES string of the molecule is C#CCn1cc(-c2cnc3c(Nc4ccc(C=O)c(CC)c4)nccn23)c(C(F)F)n1. The molecule has 4 rings (SSSR count). The van der Waals surface area contributed by atoms with Gasteiger partial charge >= 0.3 is 0 Å². The fraction of sp³-hybridized carbons (Fsp3) is 0.182. The topological polar surface area (TPSA) is 77.1 Å². The molecule has 0 aliphatic heterocycles. The summed E-state index contributed by atoms with van der Waals surface area (Å²) in [5.74, 6) is 2.84. The van der Waals surface area contributed by atoms with E-state index in [2.05, 4.69) is 26.3 Å². The van der Waals surface area contributed by atoms with Crippen LogP contribution in [0, 0.1) is 12.3 Å². The van der Waals surface area contributed by atoms with Gasteiger partial charge < -0.3 is 5.32 Å². The summed E-state index contributed by atoms with van der Waals surface area (Å²) in [4.78, 5) is 19.9. The summed E-state index contributed by atoms with van der Waals surface area (Å²) in [6, 6.07) is 5.38. The van der Waals surface area contributed by atoms with E-state index in [1.54, 1.807) is 28.9 Å². The highest BCUT2D eigenvalue weighted by Crippen LogP contribution is 2.32. The smallest absolute Gasteiger partial charge is 0.282 e. The molecule has 3 aromatic heterocycles. The van der Waals surface area contributed by atoms with Crippen LogP contribution in [0.4, 0.5) is 20.3 Å². The lowest BCUT2D eigenvalue weighted by atomic mass is 10.1. The number of imidazole rings is 1. The van der Waals surface area contributed by atoms with E-state index in [9.17, 15) is 13.6 Å². The van der Waals surface area contributed by atoms with Gasteiger partial charge in [-0.1, -0.05) is 12.8 Å². The second kappa shape index (κ2) is 8.36. The molecule has 0 saturated heterocycles. The first-order chi connectivity index (χ1) is 15.0. The molecule has 0 aliphatic carbocycles. The molecule has 0 atom stereocenters. The van der Waals surface area contributed by atoms with Gasteiger partial charge in [0.15, 0.2) is 11.5 Å². The van der Waals surface area contributed by atoms with Crippen molar-refractivity contribution >= 4 is 23.4 Å². The molecule has 1 N–H and O–H groups in total. The van der Waals surface area contributed by atoms with Crippen LogP contribution in [-0.4, -0.2) is 30.4 Å². The Morgan fingerprint density at radius 3 is 2.87 bits per heavy atom. The number of nitrogens with zero attached hydrogens (tertiary/aromatic N) is 5. The van der Waals surface area contributed by atoms with Crippen LogP contribution >= 0.6 is 0 Å². The van der Waals surface area contributed by atoms with Crippen molar-refractivity contribution in [2.75, 3.05) is 5.32 Å². The number of anilines is 2. The van der Waals surface area contributed by atoms with Gasteiger partial charge in [-0.15, -0.1) is 6.42 Å². The van der Waals surface area contributed by atoms with Gasteiger partial charge in [0.2, 0.25) is 0 Å². The molecule has 0 unspecified atom stereocenters. The molecule has 4 aromatic rings. The number of carbonyl (C=O) groups is 1. The summed E-state index contributed by atoms with van der Waals surface area (Å²) in [7, 11) is 0. The molecule has 0 spiro atoms. The van der Waals surface area contributed by atoms with Crippen molar-refractivity contribution in [2.24, 2.45) is 0 Å². The van der Waals surface area contributed by atoms with Gasteiger partial charge in [-0.2, -0.15) is 5.10 Å². The molecule has 1 aromatic carbocycles. The number of rotatable bonds is 7. The molecule has 0 aliphatic rings. The Labute approximate surface area is 176 Å². The van der Waals surface area contributed by atoms with Crippen LogP contribution in [0.25, 0.3) is 16.9 Å². The molecular formula is C22H18F2N6O. The highest BCUT2D eigenvalue weighted by atomic mass is 19.3. The minimum absolute atomic E-state index is 0.0847. The predicted octanol–water partition coefficient (Wildman–Crippen LogP) is 4.28. The van der Waals surface area contributed by atoms with E-state index in [1.165, 1.54) is 17.1 Å². The number of alkyl halides is 2. The summed E-state index contributed by atoms with van der Waals surface area (Å²) < 4.78 is 30.1. The number of aldehydes is 1. The zero-order chi connectivity index (χ0) is 22.0. The van der Waals surface area contributed by atoms with Crippen LogP contribution < -0.4 is 5.32 Å². The van der Waals surface area contributed by atoms with Gasteiger partial charge in [-0.25, -0.2) is 18.7 Å². The van der Waals surface area contributed by atoms with Crippen LogP contribution in [0.5, 0.6) is 0 Å². The van der Waals surface area contributed by atoms with Crippen molar-refractivity contribution in [3.63, 3.8) is 0 Å². The van der Waals surface area contributed by atoms with Crippen molar-refractivity contribution in [1.82, 2.24) is 24.1 Å². The van der Waals surface area contributed by atoms with Gasteiger partial charge in [-0.3, -0.25) is 13.9 Å². The van der Waals surface area contributed by atoms with E-state index in [-0.39, 0.29) is 17.8 Å². The standard InChI is InChI=1S/C22H18F2N6O/c1-3-8-29-12-17(19(28-29)20(23)24)18-11-26-22-21(25-7-9-30(18)22)27-16-6-5-15(13-31)14(4-2)10-16/h1,5-7,9-13,20H,4,8H2,2H3,(H,25,27). The van der Waals surface area contributed by atoms with Gasteiger partial charge in [0.05, 0.1) is 11.9 Å². The van der Waals surface area contributed by atoms with E-state index in [0.717, 1.165) is 17.5 Å². The Morgan fingerprint density at radius 1 is 1.32 bits per heavy atom. The maximum Gasteiger partial charge on any atom is 0.282 e. The number of halogens is 2. The molecule has 9 heteroatoms. The maximum absolute atomic E-state index is 13.6. The number of hydrogen-bond donors (Lipinski definition) is 1. The predicted molar refractivity (Wildman–Crippen MR) is 112 cm³/mol. The van der Waals surface area contributed by atoms with E-state index in [0.29, 0.717) is 29.1 Å². The Balaban J connectivity index is 1.76. The third-order valence-electron chi connectivity index (χ3n) is 4.87. The summed E-state index contributed by atoms with van der Waals surface area (Å²) in [6.07, 6.45) is 10.2. The zero-order valence-electron chi connectivity index (χ0n) is 16.6. The monoisotopic (exact) mass is 420 g/mol. The van der Waals surface area contributed by atoms with Crippen LogP contribution in [0.15, 0.2) is 43.0 Å². The average Bonchev–Trinajstić information content (AvgIpc) is 3.38. The summed E-state index contributed by atoms with van der Waals surface area (Å²) in [5.41, 5.74) is 3.07. The van der Waals surface area contributed by atoms with E-state index < -0.39 is 6.43 Å². The Kier molecular flexibility index (Phi) is 5.45. The van der Waals surface area contributed by atoms with Crippen molar-refractivity contribution in [2.45, 2.75) is 26.3 Å². The molecular weight excluding hydrogens is 402 g/mol. The highest BCUT2D eigenvalue weighted by molar-refractivity contribution is 5.80. The lowest BCUT2D eigenvalue weighted by Crippen LogP contribution is -2.00. The molecule has 0 fully saturated rings. The molecule has 7 nitrogen and oxygen atoms in total. The molecule has 3 heterocycles.